The van der Waals surface area contributed by atoms with E-state index in [1.165, 1.54) is 18.4 Å². The second kappa shape index (κ2) is 9.75. The van der Waals surface area contributed by atoms with Crippen LogP contribution < -0.4 is 4.74 Å². The summed E-state index contributed by atoms with van der Waals surface area (Å²) in [5, 5.41) is 11.0. The molecule has 0 saturated heterocycles. The fourth-order valence-corrected chi connectivity index (χ4v) is 5.44. The SMILES string of the molecule is [C-]#[N+]c1ccc(OC)c(-n2c(CS(=O)(=O)CCc3ccc(Cl)cc3)nnc2-c2cccs2)c1. The molecule has 33 heavy (non-hydrogen) atoms. The van der Waals surface area contributed by atoms with Crippen LogP contribution >= 0.6 is 22.9 Å². The van der Waals surface area contributed by atoms with E-state index in [-0.39, 0.29) is 17.3 Å². The number of hydrogen-bond donors (Lipinski definition) is 0. The maximum absolute atomic E-state index is 13.0. The van der Waals surface area contributed by atoms with Gasteiger partial charge in [0.05, 0.1) is 30.0 Å². The van der Waals surface area contributed by atoms with Crippen LogP contribution in [0.15, 0.2) is 60.0 Å². The lowest BCUT2D eigenvalue weighted by molar-refractivity contribution is 0.413. The first-order valence-corrected chi connectivity index (χ1v) is 13.0. The van der Waals surface area contributed by atoms with Gasteiger partial charge in [-0.05, 0) is 47.7 Å². The maximum atomic E-state index is 13.0. The number of sulfone groups is 1. The molecule has 0 bridgehead atoms. The predicted molar refractivity (Wildman–Crippen MR) is 130 cm³/mol. The highest BCUT2D eigenvalue weighted by molar-refractivity contribution is 7.90. The zero-order valence-electron chi connectivity index (χ0n) is 17.6. The molecule has 0 atom stereocenters. The van der Waals surface area contributed by atoms with Gasteiger partial charge in [-0.2, -0.15) is 0 Å². The second-order valence-electron chi connectivity index (χ2n) is 7.19. The number of hydrogen-bond acceptors (Lipinski definition) is 6. The van der Waals surface area contributed by atoms with E-state index in [0.717, 1.165) is 10.4 Å². The summed E-state index contributed by atoms with van der Waals surface area (Å²) in [5.41, 5.74) is 1.80. The van der Waals surface area contributed by atoms with Crippen molar-refractivity contribution in [2.24, 2.45) is 0 Å². The minimum absolute atomic E-state index is 0.0466. The zero-order chi connectivity index (χ0) is 23.4. The molecule has 2 heterocycles. The first-order valence-electron chi connectivity index (χ1n) is 9.89. The Morgan fingerprint density at radius 3 is 2.61 bits per heavy atom. The van der Waals surface area contributed by atoms with Crippen molar-refractivity contribution in [3.63, 3.8) is 0 Å². The lowest BCUT2D eigenvalue weighted by Crippen LogP contribution is -2.15. The molecule has 4 aromatic rings. The van der Waals surface area contributed by atoms with E-state index in [2.05, 4.69) is 15.0 Å². The Bertz CT molecular complexity index is 1410. The first kappa shape index (κ1) is 23.0. The van der Waals surface area contributed by atoms with Crippen molar-refractivity contribution in [1.82, 2.24) is 14.8 Å². The molecule has 168 valence electrons. The number of rotatable bonds is 8. The molecular formula is C23H19ClN4O3S2. The number of thiophene rings is 1. The minimum Gasteiger partial charge on any atom is -0.495 e. The van der Waals surface area contributed by atoms with Crippen LogP contribution in [0.1, 0.15) is 11.4 Å². The lowest BCUT2D eigenvalue weighted by atomic mass is 10.2. The molecule has 4 rings (SSSR count). The lowest BCUT2D eigenvalue weighted by Gasteiger charge is -2.14. The van der Waals surface area contributed by atoms with Gasteiger partial charge < -0.3 is 4.74 Å². The molecule has 0 radical (unpaired) electrons. The largest absolute Gasteiger partial charge is 0.495 e. The van der Waals surface area contributed by atoms with Crippen LogP contribution in [0.4, 0.5) is 5.69 Å². The van der Waals surface area contributed by atoms with Crippen LogP contribution in [0.3, 0.4) is 0 Å². The van der Waals surface area contributed by atoms with Crippen molar-refractivity contribution in [3.8, 4) is 22.1 Å². The zero-order valence-corrected chi connectivity index (χ0v) is 20.0. The van der Waals surface area contributed by atoms with Gasteiger partial charge in [0, 0.05) is 5.02 Å². The molecule has 0 aliphatic carbocycles. The number of aryl methyl sites for hydroxylation is 1. The molecule has 0 aliphatic heterocycles. The number of benzene rings is 2. The Hall–Kier alpha value is -3.19. The highest BCUT2D eigenvalue weighted by Crippen LogP contribution is 2.34. The van der Waals surface area contributed by atoms with Crippen LogP contribution in [-0.4, -0.2) is 36.0 Å². The van der Waals surface area contributed by atoms with Gasteiger partial charge in [0.15, 0.2) is 27.2 Å². The van der Waals surface area contributed by atoms with Crippen LogP contribution in [-0.2, 0) is 22.0 Å². The summed E-state index contributed by atoms with van der Waals surface area (Å²) in [6, 6.07) is 15.9. The molecule has 7 nitrogen and oxygen atoms in total. The summed E-state index contributed by atoms with van der Waals surface area (Å²) >= 11 is 7.37. The van der Waals surface area contributed by atoms with Crippen molar-refractivity contribution in [3.05, 3.63) is 87.8 Å². The van der Waals surface area contributed by atoms with Gasteiger partial charge >= 0.3 is 0 Å². The first-order chi connectivity index (χ1) is 15.9. The summed E-state index contributed by atoms with van der Waals surface area (Å²) in [6.45, 7) is 7.38. The van der Waals surface area contributed by atoms with E-state index in [1.54, 1.807) is 34.9 Å². The van der Waals surface area contributed by atoms with Crippen molar-refractivity contribution >= 4 is 38.5 Å². The van der Waals surface area contributed by atoms with Crippen molar-refractivity contribution in [2.45, 2.75) is 12.2 Å². The molecule has 0 spiro atoms. The highest BCUT2D eigenvalue weighted by atomic mass is 35.5. The molecule has 0 aliphatic rings. The van der Waals surface area contributed by atoms with Crippen LogP contribution in [0.5, 0.6) is 5.75 Å². The van der Waals surface area contributed by atoms with Crippen molar-refractivity contribution < 1.29 is 13.2 Å². The Morgan fingerprint density at radius 2 is 1.94 bits per heavy atom. The average molecular weight is 499 g/mol. The quantitative estimate of drug-likeness (QED) is 0.305. The Balaban J connectivity index is 1.72. The van der Waals surface area contributed by atoms with E-state index in [0.29, 0.717) is 34.4 Å². The predicted octanol–water partition coefficient (Wildman–Crippen LogP) is 5.37. The van der Waals surface area contributed by atoms with Crippen molar-refractivity contribution in [1.29, 1.82) is 0 Å². The average Bonchev–Trinajstić information content (AvgIpc) is 3.48. The van der Waals surface area contributed by atoms with Gasteiger partial charge in [0.25, 0.3) is 0 Å². The Labute approximate surface area is 201 Å². The van der Waals surface area contributed by atoms with Gasteiger partial charge in [-0.3, -0.25) is 4.57 Å². The third-order valence-corrected chi connectivity index (χ3v) is 7.61. The Kier molecular flexibility index (Phi) is 6.79. The summed E-state index contributed by atoms with van der Waals surface area (Å²) in [5.74, 6) is 0.891. The van der Waals surface area contributed by atoms with Gasteiger partial charge in [-0.25, -0.2) is 13.3 Å². The molecule has 2 aromatic carbocycles. The van der Waals surface area contributed by atoms with Gasteiger partial charge in [-0.15, -0.1) is 21.5 Å². The molecule has 2 aromatic heterocycles. The monoisotopic (exact) mass is 498 g/mol. The summed E-state index contributed by atoms with van der Waals surface area (Å²) in [6.07, 6.45) is 0.363. The van der Waals surface area contributed by atoms with Crippen LogP contribution in [0, 0.1) is 6.57 Å². The topological polar surface area (TPSA) is 78.4 Å². The number of ether oxygens (including phenoxy) is 1. The van der Waals surface area contributed by atoms with Crippen LogP contribution in [0.2, 0.25) is 5.02 Å². The number of halogens is 1. The number of aromatic nitrogens is 3. The summed E-state index contributed by atoms with van der Waals surface area (Å²) < 4.78 is 33.2. The summed E-state index contributed by atoms with van der Waals surface area (Å²) in [7, 11) is -2.00. The maximum Gasteiger partial charge on any atom is 0.189 e. The van der Waals surface area contributed by atoms with Gasteiger partial charge in [0.1, 0.15) is 11.5 Å². The van der Waals surface area contributed by atoms with E-state index in [4.69, 9.17) is 22.9 Å². The molecule has 0 fully saturated rings. The number of nitrogens with zero attached hydrogens (tertiary/aromatic N) is 4. The van der Waals surface area contributed by atoms with E-state index in [1.807, 2.05) is 29.6 Å². The standard InChI is InChI=1S/C23H19ClN4O3S2/c1-25-18-9-10-20(31-2)19(14-18)28-22(26-27-23(28)21-4-3-12-32-21)15-33(29,30)13-11-16-5-7-17(24)8-6-16/h3-10,12,14H,11,13,15H2,2H3. The van der Waals surface area contributed by atoms with E-state index < -0.39 is 9.84 Å². The molecule has 0 unspecified atom stereocenters. The molecule has 0 N–H and O–H groups in total. The highest BCUT2D eigenvalue weighted by Gasteiger charge is 2.24. The molecule has 0 saturated carbocycles. The van der Waals surface area contributed by atoms with E-state index in [9.17, 15) is 8.42 Å². The minimum atomic E-state index is -3.52. The van der Waals surface area contributed by atoms with Gasteiger partial charge in [-0.1, -0.05) is 35.9 Å². The number of methoxy groups -OCH3 is 1. The third kappa shape index (κ3) is 5.25. The van der Waals surface area contributed by atoms with Crippen LogP contribution in [0.25, 0.3) is 21.2 Å². The third-order valence-electron chi connectivity index (χ3n) is 4.97. The fraction of sp³-hybridized carbons (Fsp3) is 0.174. The Morgan fingerprint density at radius 1 is 1.15 bits per heavy atom. The second-order valence-corrected chi connectivity index (χ2v) is 10.8. The molecule has 0 amide bonds. The van der Waals surface area contributed by atoms with E-state index >= 15 is 0 Å². The smallest absolute Gasteiger partial charge is 0.189 e. The van der Waals surface area contributed by atoms with Gasteiger partial charge in [0.2, 0.25) is 0 Å². The summed E-state index contributed by atoms with van der Waals surface area (Å²) in [4.78, 5) is 4.32. The molecular weight excluding hydrogens is 480 g/mol. The molecule has 10 heteroatoms. The normalized spacial score (nSPS) is 11.3. The van der Waals surface area contributed by atoms with Crippen molar-refractivity contribution in [2.75, 3.05) is 12.9 Å². The fourth-order valence-electron chi connectivity index (χ4n) is 3.34.